The number of benzene rings is 1. The van der Waals surface area contributed by atoms with Gasteiger partial charge in [0, 0.05) is 10.5 Å². The fourth-order valence-corrected chi connectivity index (χ4v) is 2.34. The second-order valence-corrected chi connectivity index (χ2v) is 6.54. The Kier molecular flexibility index (Phi) is 5.36. The van der Waals surface area contributed by atoms with Gasteiger partial charge in [-0.15, -0.1) is 0 Å². The van der Waals surface area contributed by atoms with Crippen LogP contribution in [0.3, 0.4) is 0 Å². The standard InChI is InChI=1S/C15H13Br2NO3/c1-9(16)14-12(15(19)20-2)7-8-13(18-14)21-11-5-3-10(17)4-6-11/h3-9H,1-2H3. The number of alkyl halides is 1. The van der Waals surface area contributed by atoms with Crippen molar-refractivity contribution in [1.29, 1.82) is 0 Å². The maximum Gasteiger partial charge on any atom is 0.339 e. The van der Waals surface area contributed by atoms with Crippen molar-refractivity contribution in [1.82, 2.24) is 4.98 Å². The molecule has 2 rings (SSSR count). The van der Waals surface area contributed by atoms with E-state index in [0.717, 1.165) is 4.47 Å². The number of hydrogen-bond donors (Lipinski definition) is 0. The van der Waals surface area contributed by atoms with Gasteiger partial charge in [0.25, 0.3) is 0 Å². The van der Waals surface area contributed by atoms with Crippen molar-refractivity contribution < 1.29 is 14.3 Å². The van der Waals surface area contributed by atoms with Gasteiger partial charge in [-0.3, -0.25) is 0 Å². The van der Waals surface area contributed by atoms with Crippen LogP contribution in [0.15, 0.2) is 40.9 Å². The van der Waals surface area contributed by atoms with E-state index in [1.165, 1.54) is 7.11 Å². The molecule has 0 aliphatic carbocycles. The third-order valence-electron chi connectivity index (χ3n) is 2.72. The first-order valence-electron chi connectivity index (χ1n) is 6.18. The van der Waals surface area contributed by atoms with Crippen LogP contribution in [0.25, 0.3) is 0 Å². The molecule has 0 N–H and O–H groups in total. The third-order valence-corrected chi connectivity index (χ3v) is 3.68. The highest BCUT2D eigenvalue weighted by Gasteiger charge is 2.18. The van der Waals surface area contributed by atoms with Crippen molar-refractivity contribution in [2.45, 2.75) is 11.8 Å². The van der Waals surface area contributed by atoms with Gasteiger partial charge < -0.3 is 9.47 Å². The van der Waals surface area contributed by atoms with E-state index in [2.05, 4.69) is 36.8 Å². The number of carbonyl (C=O) groups is 1. The first kappa shape index (κ1) is 16.0. The lowest BCUT2D eigenvalue weighted by Crippen LogP contribution is -2.08. The van der Waals surface area contributed by atoms with Gasteiger partial charge in [-0.2, -0.15) is 0 Å². The van der Waals surface area contributed by atoms with Crippen LogP contribution in [0, 0.1) is 0 Å². The van der Waals surface area contributed by atoms with Crippen LogP contribution in [0.2, 0.25) is 0 Å². The lowest BCUT2D eigenvalue weighted by atomic mass is 10.1. The molecule has 1 heterocycles. The maximum atomic E-state index is 11.7. The number of ether oxygens (including phenoxy) is 2. The summed E-state index contributed by atoms with van der Waals surface area (Å²) in [4.78, 5) is 16.0. The Morgan fingerprint density at radius 1 is 1.19 bits per heavy atom. The van der Waals surface area contributed by atoms with E-state index in [-0.39, 0.29) is 4.83 Å². The number of aromatic nitrogens is 1. The van der Waals surface area contributed by atoms with Gasteiger partial charge in [0.15, 0.2) is 0 Å². The van der Waals surface area contributed by atoms with E-state index >= 15 is 0 Å². The third kappa shape index (κ3) is 4.04. The minimum Gasteiger partial charge on any atom is -0.465 e. The second kappa shape index (κ2) is 7.04. The molecule has 110 valence electrons. The van der Waals surface area contributed by atoms with Gasteiger partial charge in [-0.1, -0.05) is 31.9 Å². The van der Waals surface area contributed by atoms with Crippen molar-refractivity contribution in [3.05, 3.63) is 52.1 Å². The highest BCUT2D eigenvalue weighted by molar-refractivity contribution is 9.10. The lowest BCUT2D eigenvalue weighted by Gasteiger charge is -2.11. The van der Waals surface area contributed by atoms with Crippen LogP contribution in [-0.2, 0) is 4.74 Å². The van der Waals surface area contributed by atoms with Crippen LogP contribution in [0.1, 0.15) is 27.8 Å². The van der Waals surface area contributed by atoms with Crippen LogP contribution in [-0.4, -0.2) is 18.1 Å². The summed E-state index contributed by atoms with van der Waals surface area (Å²) < 4.78 is 11.4. The minimum atomic E-state index is -0.418. The molecule has 0 radical (unpaired) electrons. The molecule has 0 bridgehead atoms. The molecule has 0 amide bonds. The van der Waals surface area contributed by atoms with E-state index in [0.29, 0.717) is 22.9 Å². The first-order valence-corrected chi connectivity index (χ1v) is 7.89. The number of esters is 1. The highest BCUT2D eigenvalue weighted by atomic mass is 79.9. The monoisotopic (exact) mass is 413 g/mol. The normalized spacial score (nSPS) is 11.8. The molecular formula is C15H13Br2NO3. The Bertz CT molecular complexity index is 642. The number of pyridine rings is 1. The fraction of sp³-hybridized carbons (Fsp3) is 0.200. The van der Waals surface area contributed by atoms with Crippen molar-refractivity contribution >= 4 is 37.8 Å². The SMILES string of the molecule is COC(=O)c1ccc(Oc2ccc(Br)cc2)nc1C(C)Br. The number of hydrogen-bond acceptors (Lipinski definition) is 4. The average molecular weight is 415 g/mol. The predicted octanol–water partition coefficient (Wildman–Crippen LogP) is 4.88. The molecule has 21 heavy (non-hydrogen) atoms. The molecule has 6 heteroatoms. The van der Waals surface area contributed by atoms with Crippen LogP contribution in [0.5, 0.6) is 11.6 Å². The molecule has 0 aliphatic heterocycles. The van der Waals surface area contributed by atoms with Crippen molar-refractivity contribution in [3.8, 4) is 11.6 Å². The molecule has 0 saturated heterocycles. The molecule has 0 spiro atoms. The first-order chi connectivity index (χ1) is 10.0. The fourth-order valence-electron chi connectivity index (χ4n) is 1.72. The van der Waals surface area contributed by atoms with E-state index in [4.69, 9.17) is 9.47 Å². The van der Waals surface area contributed by atoms with Gasteiger partial charge in [0.2, 0.25) is 5.88 Å². The van der Waals surface area contributed by atoms with E-state index in [1.54, 1.807) is 12.1 Å². The van der Waals surface area contributed by atoms with Crippen LogP contribution < -0.4 is 4.74 Å². The van der Waals surface area contributed by atoms with E-state index in [1.807, 2.05) is 31.2 Å². The van der Waals surface area contributed by atoms with Gasteiger partial charge >= 0.3 is 5.97 Å². The quantitative estimate of drug-likeness (QED) is 0.528. The molecule has 0 saturated carbocycles. The zero-order valence-electron chi connectivity index (χ0n) is 11.5. The predicted molar refractivity (Wildman–Crippen MR) is 87.1 cm³/mol. The van der Waals surface area contributed by atoms with E-state index < -0.39 is 5.97 Å². The second-order valence-electron chi connectivity index (χ2n) is 4.25. The largest absolute Gasteiger partial charge is 0.465 e. The summed E-state index contributed by atoms with van der Waals surface area (Å²) in [7, 11) is 1.34. The summed E-state index contributed by atoms with van der Waals surface area (Å²) in [6.45, 7) is 1.89. The Hall–Kier alpha value is -1.40. The summed E-state index contributed by atoms with van der Waals surface area (Å²) in [5.41, 5.74) is 1.00. The zero-order chi connectivity index (χ0) is 15.4. The molecule has 1 atom stereocenters. The smallest absolute Gasteiger partial charge is 0.339 e. The summed E-state index contributed by atoms with van der Waals surface area (Å²) in [6, 6.07) is 10.7. The highest BCUT2D eigenvalue weighted by Crippen LogP contribution is 2.28. The Morgan fingerprint density at radius 2 is 1.86 bits per heavy atom. The number of rotatable bonds is 4. The zero-order valence-corrected chi connectivity index (χ0v) is 14.6. The topological polar surface area (TPSA) is 48.4 Å². The molecule has 1 aromatic carbocycles. The Morgan fingerprint density at radius 3 is 2.43 bits per heavy atom. The molecule has 1 unspecified atom stereocenters. The number of carbonyl (C=O) groups excluding carboxylic acids is 1. The molecule has 0 aliphatic rings. The molecule has 4 nitrogen and oxygen atoms in total. The summed E-state index contributed by atoms with van der Waals surface area (Å²) in [5, 5.41) is 0. The van der Waals surface area contributed by atoms with Gasteiger partial charge in [-0.25, -0.2) is 9.78 Å². The van der Waals surface area contributed by atoms with Crippen molar-refractivity contribution in [3.63, 3.8) is 0 Å². The van der Waals surface area contributed by atoms with Crippen LogP contribution >= 0.6 is 31.9 Å². The summed E-state index contributed by atoms with van der Waals surface area (Å²) in [6.07, 6.45) is 0. The molecular weight excluding hydrogens is 402 g/mol. The van der Waals surface area contributed by atoms with Gasteiger partial charge in [-0.05, 0) is 37.3 Å². The van der Waals surface area contributed by atoms with Gasteiger partial charge in [0.1, 0.15) is 5.75 Å². The van der Waals surface area contributed by atoms with Crippen molar-refractivity contribution in [2.24, 2.45) is 0 Å². The summed E-state index contributed by atoms with van der Waals surface area (Å²) >= 11 is 6.79. The number of methoxy groups -OCH3 is 1. The molecule has 2 aromatic rings. The van der Waals surface area contributed by atoms with Crippen LogP contribution in [0.4, 0.5) is 0 Å². The maximum absolute atomic E-state index is 11.7. The van der Waals surface area contributed by atoms with E-state index in [9.17, 15) is 4.79 Å². The Labute approximate surface area is 139 Å². The number of nitrogens with zero attached hydrogens (tertiary/aromatic N) is 1. The number of halogens is 2. The molecule has 1 aromatic heterocycles. The minimum absolute atomic E-state index is 0.0972. The molecule has 0 fully saturated rings. The van der Waals surface area contributed by atoms with Crippen molar-refractivity contribution in [2.75, 3.05) is 7.11 Å². The van der Waals surface area contributed by atoms with Gasteiger partial charge in [0.05, 0.1) is 23.2 Å². The average Bonchev–Trinajstić information content (AvgIpc) is 2.48. The Balaban J connectivity index is 2.31. The summed E-state index contributed by atoms with van der Waals surface area (Å²) in [5.74, 6) is 0.676. The lowest BCUT2D eigenvalue weighted by molar-refractivity contribution is 0.0599.